The summed E-state index contributed by atoms with van der Waals surface area (Å²) in [5.74, 6) is -0.0179. The Balaban J connectivity index is 1.43. The summed E-state index contributed by atoms with van der Waals surface area (Å²) in [6, 6.07) is 7.90. The van der Waals surface area contributed by atoms with E-state index in [0.717, 1.165) is 38.0 Å². The number of nitrogens with two attached hydrogens (primary N) is 1. The third-order valence-electron chi connectivity index (χ3n) is 7.09. The van der Waals surface area contributed by atoms with Crippen molar-refractivity contribution < 1.29 is 27.6 Å². The van der Waals surface area contributed by atoms with E-state index in [9.17, 15) is 27.6 Å². The van der Waals surface area contributed by atoms with Crippen LogP contribution in [0, 0.1) is 5.92 Å². The Morgan fingerprint density at radius 2 is 1.89 bits per heavy atom. The summed E-state index contributed by atoms with van der Waals surface area (Å²) in [4.78, 5) is 43.1. The average molecular weight is 518 g/mol. The van der Waals surface area contributed by atoms with E-state index < -0.39 is 25.0 Å². The highest BCUT2D eigenvalue weighted by Crippen LogP contribution is 2.39. The molecule has 1 aliphatic carbocycles. The number of nitrogens with one attached hydrogen (secondary N) is 2. The average Bonchev–Trinajstić information content (AvgIpc) is 3.25. The van der Waals surface area contributed by atoms with Crippen molar-refractivity contribution in [3.8, 4) is 0 Å². The van der Waals surface area contributed by atoms with Gasteiger partial charge in [-0.1, -0.05) is 0 Å². The van der Waals surface area contributed by atoms with Crippen LogP contribution >= 0.6 is 0 Å². The number of piperidine rings is 1. The van der Waals surface area contributed by atoms with E-state index in [1.165, 1.54) is 25.1 Å². The summed E-state index contributed by atoms with van der Waals surface area (Å²) < 4.78 is 37.6. The number of carbonyl (C=O) groups excluding carboxylic acids is 3. The molecule has 3 atom stereocenters. The van der Waals surface area contributed by atoms with Crippen molar-refractivity contribution >= 4 is 29.1 Å². The van der Waals surface area contributed by atoms with Crippen LogP contribution in [0.15, 0.2) is 36.5 Å². The number of rotatable bonds is 8. The number of carbonyl (C=O) groups is 3. The summed E-state index contributed by atoms with van der Waals surface area (Å²) in [6.45, 7) is 1.90. The molecule has 4 rings (SSSR count). The third kappa shape index (κ3) is 6.39. The normalized spacial score (nSPS) is 21.3. The lowest BCUT2D eigenvalue weighted by molar-refractivity contribution is -0.131. The topological polar surface area (TPSA) is 117 Å². The Kier molecular flexibility index (Phi) is 7.70. The van der Waals surface area contributed by atoms with Gasteiger partial charge in [0.05, 0.1) is 12.0 Å². The van der Waals surface area contributed by atoms with Crippen LogP contribution in [0.5, 0.6) is 0 Å². The van der Waals surface area contributed by atoms with Crippen LogP contribution < -0.4 is 21.3 Å². The lowest BCUT2D eigenvalue weighted by Gasteiger charge is -2.38. The molecule has 0 spiro atoms. The second kappa shape index (κ2) is 10.8. The first kappa shape index (κ1) is 26.4. The molecule has 2 amide bonds. The standard InChI is InChI=1S/C26H30F3N5O3/c1-15(35)18-5-7-23(32-14-18)34-10-2-3-16-11-19(13-22(16)34)33-25(37)17-4-6-20(24(30)36)21(12-17)31-9-8-26(27,28)29/h4-7,12,14,16,19,22,31H,2-3,8-11,13H2,1H3,(H2,30,36)(H,33,37). The number of anilines is 2. The first-order chi connectivity index (χ1) is 17.5. The Labute approximate surface area is 212 Å². The molecule has 3 unspecified atom stereocenters. The fourth-order valence-electron chi connectivity index (χ4n) is 5.31. The number of amides is 2. The zero-order valence-electron chi connectivity index (χ0n) is 20.5. The van der Waals surface area contributed by atoms with E-state index in [0.29, 0.717) is 11.5 Å². The molecular weight excluding hydrogens is 487 g/mol. The van der Waals surface area contributed by atoms with Gasteiger partial charge in [0.1, 0.15) is 5.82 Å². The number of nitrogens with zero attached hydrogens (tertiary/aromatic N) is 2. The summed E-state index contributed by atoms with van der Waals surface area (Å²) in [7, 11) is 0. The lowest BCUT2D eigenvalue weighted by atomic mass is 9.92. The Bertz CT molecular complexity index is 1170. The van der Waals surface area contributed by atoms with Crippen LogP contribution in [0.1, 0.15) is 70.1 Å². The van der Waals surface area contributed by atoms with Gasteiger partial charge in [-0.3, -0.25) is 14.4 Å². The minimum Gasteiger partial charge on any atom is -0.384 e. The number of fused-ring (bicyclic) bond motifs is 1. The highest BCUT2D eigenvalue weighted by atomic mass is 19.4. The molecule has 1 aliphatic heterocycles. The summed E-state index contributed by atoms with van der Waals surface area (Å²) >= 11 is 0. The molecule has 0 bridgehead atoms. The zero-order valence-corrected chi connectivity index (χ0v) is 20.5. The van der Waals surface area contributed by atoms with Crippen LogP contribution in [-0.2, 0) is 0 Å². The van der Waals surface area contributed by atoms with Crippen LogP contribution in [0.4, 0.5) is 24.7 Å². The fourth-order valence-corrected chi connectivity index (χ4v) is 5.31. The Morgan fingerprint density at radius 1 is 1.14 bits per heavy atom. The molecule has 1 aromatic carbocycles. The molecule has 8 nitrogen and oxygen atoms in total. The lowest BCUT2D eigenvalue weighted by Crippen LogP contribution is -2.43. The summed E-state index contributed by atoms with van der Waals surface area (Å²) in [6.07, 6.45) is -0.288. The van der Waals surface area contributed by atoms with Gasteiger partial charge in [-0.2, -0.15) is 13.2 Å². The highest BCUT2D eigenvalue weighted by molar-refractivity contribution is 6.02. The van der Waals surface area contributed by atoms with Crippen molar-refractivity contribution in [1.29, 1.82) is 0 Å². The van der Waals surface area contributed by atoms with Gasteiger partial charge in [-0.15, -0.1) is 0 Å². The maximum absolute atomic E-state index is 13.0. The molecular formula is C26H30F3N5O3. The Morgan fingerprint density at radius 3 is 2.54 bits per heavy atom. The van der Waals surface area contributed by atoms with Gasteiger partial charge in [0.25, 0.3) is 11.8 Å². The van der Waals surface area contributed by atoms with Crippen molar-refractivity contribution in [3.63, 3.8) is 0 Å². The quantitative estimate of drug-likeness (QED) is 0.457. The van der Waals surface area contributed by atoms with E-state index in [2.05, 4.69) is 20.5 Å². The number of hydrogen-bond donors (Lipinski definition) is 3. The van der Waals surface area contributed by atoms with Crippen LogP contribution in [0.25, 0.3) is 0 Å². The molecule has 1 saturated heterocycles. The van der Waals surface area contributed by atoms with E-state index in [1.54, 1.807) is 12.3 Å². The minimum atomic E-state index is -4.35. The summed E-state index contributed by atoms with van der Waals surface area (Å²) in [5.41, 5.74) is 6.25. The molecule has 2 aliphatic rings. The smallest absolute Gasteiger partial charge is 0.384 e. The maximum atomic E-state index is 13.0. The number of ketones is 1. The maximum Gasteiger partial charge on any atom is 0.390 e. The van der Waals surface area contributed by atoms with E-state index in [1.807, 2.05) is 6.07 Å². The predicted octanol–water partition coefficient (Wildman–Crippen LogP) is 3.92. The SMILES string of the molecule is CC(=O)c1ccc(N2CCCC3CC(NC(=O)c4ccc(C(N)=O)c(NCCC(F)(F)F)c4)CC32)nc1. The van der Waals surface area contributed by atoms with Gasteiger partial charge in [0, 0.05) is 48.2 Å². The second-order valence-corrected chi connectivity index (χ2v) is 9.68. The molecule has 2 heterocycles. The molecule has 4 N–H and O–H groups in total. The number of alkyl halides is 3. The van der Waals surface area contributed by atoms with Crippen molar-refractivity contribution in [2.24, 2.45) is 11.7 Å². The number of benzene rings is 1. The molecule has 2 fully saturated rings. The molecule has 2 aromatic rings. The van der Waals surface area contributed by atoms with Gasteiger partial charge in [0.15, 0.2) is 5.78 Å². The fraction of sp³-hybridized carbons (Fsp3) is 0.462. The number of aromatic nitrogens is 1. The second-order valence-electron chi connectivity index (χ2n) is 9.68. The predicted molar refractivity (Wildman–Crippen MR) is 133 cm³/mol. The van der Waals surface area contributed by atoms with Crippen molar-refractivity contribution in [2.75, 3.05) is 23.3 Å². The number of primary amides is 1. The van der Waals surface area contributed by atoms with E-state index in [-0.39, 0.29) is 40.6 Å². The van der Waals surface area contributed by atoms with Crippen LogP contribution in [0.2, 0.25) is 0 Å². The van der Waals surface area contributed by atoms with Crippen molar-refractivity contribution in [3.05, 3.63) is 53.2 Å². The first-order valence-corrected chi connectivity index (χ1v) is 12.3. The minimum absolute atomic E-state index is 0.0181. The number of halogens is 3. The number of Topliss-reactive ketones (excluding diaryl/α,β-unsaturated/α-hetero) is 1. The van der Waals surface area contributed by atoms with Crippen molar-refractivity contribution in [1.82, 2.24) is 10.3 Å². The van der Waals surface area contributed by atoms with Crippen molar-refractivity contribution in [2.45, 2.75) is 57.3 Å². The first-order valence-electron chi connectivity index (χ1n) is 12.3. The van der Waals surface area contributed by atoms with Gasteiger partial charge >= 0.3 is 6.18 Å². The van der Waals surface area contributed by atoms with Gasteiger partial charge in [-0.25, -0.2) is 4.98 Å². The van der Waals surface area contributed by atoms with Crippen LogP contribution in [-0.4, -0.2) is 53.9 Å². The monoisotopic (exact) mass is 517 g/mol. The molecule has 0 radical (unpaired) electrons. The molecule has 198 valence electrons. The van der Waals surface area contributed by atoms with E-state index >= 15 is 0 Å². The Hall–Kier alpha value is -3.63. The van der Waals surface area contributed by atoms with Gasteiger partial charge < -0.3 is 21.3 Å². The molecule has 1 saturated carbocycles. The number of pyridine rings is 1. The summed E-state index contributed by atoms with van der Waals surface area (Å²) in [5, 5.41) is 5.63. The molecule has 1 aromatic heterocycles. The van der Waals surface area contributed by atoms with Gasteiger partial charge in [-0.05, 0) is 68.9 Å². The molecule has 37 heavy (non-hydrogen) atoms. The highest BCUT2D eigenvalue weighted by Gasteiger charge is 2.41. The molecule has 11 heteroatoms. The number of hydrogen-bond acceptors (Lipinski definition) is 6. The largest absolute Gasteiger partial charge is 0.390 e. The van der Waals surface area contributed by atoms with Gasteiger partial charge in [0.2, 0.25) is 0 Å². The van der Waals surface area contributed by atoms with Crippen LogP contribution in [0.3, 0.4) is 0 Å². The van der Waals surface area contributed by atoms with E-state index in [4.69, 9.17) is 5.73 Å². The third-order valence-corrected chi connectivity index (χ3v) is 7.09. The zero-order chi connectivity index (χ0) is 26.7.